The summed E-state index contributed by atoms with van der Waals surface area (Å²) >= 11 is 5.79. The summed E-state index contributed by atoms with van der Waals surface area (Å²) in [5.74, 6) is 0.598. The molecule has 0 saturated carbocycles. The minimum atomic E-state index is -0.221. The predicted molar refractivity (Wildman–Crippen MR) is 75.5 cm³/mol. The van der Waals surface area contributed by atoms with Gasteiger partial charge >= 0.3 is 0 Å². The molecule has 19 heavy (non-hydrogen) atoms. The van der Waals surface area contributed by atoms with Gasteiger partial charge in [0.2, 0.25) is 5.91 Å². The van der Waals surface area contributed by atoms with Gasteiger partial charge in [-0.2, -0.15) is 0 Å². The first-order valence-electron chi connectivity index (χ1n) is 6.38. The van der Waals surface area contributed by atoms with Crippen LogP contribution >= 0.6 is 11.6 Å². The molecule has 0 radical (unpaired) electrons. The lowest BCUT2D eigenvalue weighted by Gasteiger charge is -2.15. The van der Waals surface area contributed by atoms with Gasteiger partial charge in [-0.3, -0.25) is 14.2 Å². The third-order valence-electron chi connectivity index (χ3n) is 2.54. The van der Waals surface area contributed by atoms with E-state index >= 15 is 0 Å². The van der Waals surface area contributed by atoms with Crippen molar-refractivity contribution in [1.29, 1.82) is 0 Å². The summed E-state index contributed by atoms with van der Waals surface area (Å²) in [6.07, 6.45) is 0.251. The lowest BCUT2D eigenvalue weighted by Crippen LogP contribution is -2.33. The number of nitrogens with zero attached hydrogens (tertiary/aromatic N) is 2. The number of amides is 1. The quantitative estimate of drug-likeness (QED) is 0.841. The number of carbonyl (C=O) groups is 1. The lowest BCUT2D eigenvalue weighted by molar-refractivity contribution is -0.121. The summed E-state index contributed by atoms with van der Waals surface area (Å²) < 4.78 is 1.51. The van der Waals surface area contributed by atoms with Crippen LogP contribution in [0.5, 0.6) is 0 Å². The van der Waals surface area contributed by atoms with Crippen molar-refractivity contribution in [2.75, 3.05) is 0 Å². The molecule has 0 aliphatic heterocycles. The average molecular weight is 286 g/mol. The van der Waals surface area contributed by atoms with E-state index in [9.17, 15) is 9.59 Å². The molecule has 0 aromatic carbocycles. The Balaban J connectivity index is 2.89. The van der Waals surface area contributed by atoms with Crippen molar-refractivity contribution in [3.63, 3.8) is 0 Å². The molecule has 1 N–H and O–H groups in total. The number of halogens is 1. The van der Waals surface area contributed by atoms with E-state index in [0.29, 0.717) is 12.4 Å². The third kappa shape index (κ3) is 4.67. The summed E-state index contributed by atoms with van der Waals surface area (Å²) in [6.45, 7) is 7.97. The van der Waals surface area contributed by atoms with Gasteiger partial charge in [-0.05, 0) is 13.8 Å². The average Bonchev–Trinajstić information content (AvgIpc) is 2.25. The van der Waals surface area contributed by atoms with E-state index in [2.05, 4.69) is 10.3 Å². The van der Waals surface area contributed by atoms with Crippen molar-refractivity contribution in [2.45, 2.75) is 52.6 Å². The van der Waals surface area contributed by atoms with Crippen LogP contribution in [0.4, 0.5) is 0 Å². The van der Waals surface area contributed by atoms with Gasteiger partial charge in [-0.1, -0.05) is 25.4 Å². The number of nitrogens with one attached hydrogen (secondary N) is 1. The van der Waals surface area contributed by atoms with Crippen molar-refractivity contribution in [2.24, 2.45) is 0 Å². The molecule has 0 saturated heterocycles. The zero-order valence-electron chi connectivity index (χ0n) is 11.7. The Morgan fingerprint density at radius 2 is 2.05 bits per heavy atom. The highest BCUT2D eigenvalue weighted by Crippen LogP contribution is 2.12. The summed E-state index contributed by atoms with van der Waals surface area (Å²) in [5, 5.41) is 2.98. The SMILES string of the molecule is CC(C)NC(=O)CCn1c(C(C)C)nc(Cl)cc1=O. The standard InChI is InChI=1S/C13H20ClN3O2/c1-8(2)13-16-10(14)7-12(19)17(13)6-5-11(18)15-9(3)4/h7-9H,5-6H2,1-4H3,(H,15,18). The van der Waals surface area contributed by atoms with Crippen LogP contribution in [0.3, 0.4) is 0 Å². The molecule has 0 aliphatic rings. The molecule has 1 aromatic rings. The molecule has 0 bridgehead atoms. The first-order chi connectivity index (χ1) is 8.81. The number of hydrogen-bond acceptors (Lipinski definition) is 3. The van der Waals surface area contributed by atoms with Crippen molar-refractivity contribution in [3.8, 4) is 0 Å². The molecule has 6 heteroatoms. The van der Waals surface area contributed by atoms with Gasteiger partial charge in [0.25, 0.3) is 5.56 Å². The molecule has 1 rings (SSSR count). The van der Waals surface area contributed by atoms with Gasteiger partial charge in [0, 0.05) is 31.0 Å². The molecule has 0 unspecified atom stereocenters. The van der Waals surface area contributed by atoms with Gasteiger partial charge in [-0.15, -0.1) is 0 Å². The van der Waals surface area contributed by atoms with Gasteiger partial charge in [0.1, 0.15) is 11.0 Å². The Morgan fingerprint density at radius 1 is 1.42 bits per heavy atom. The molecule has 1 amide bonds. The van der Waals surface area contributed by atoms with Crippen LogP contribution in [-0.2, 0) is 11.3 Å². The van der Waals surface area contributed by atoms with E-state index < -0.39 is 0 Å². The highest BCUT2D eigenvalue weighted by Gasteiger charge is 2.13. The zero-order valence-corrected chi connectivity index (χ0v) is 12.5. The molecule has 1 heterocycles. The van der Waals surface area contributed by atoms with Crippen LogP contribution in [-0.4, -0.2) is 21.5 Å². The first-order valence-corrected chi connectivity index (χ1v) is 6.75. The van der Waals surface area contributed by atoms with Crippen molar-refractivity contribution in [1.82, 2.24) is 14.9 Å². The first kappa shape index (κ1) is 15.7. The van der Waals surface area contributed by atoms with Crippen LogP contribution in [0, 0.1) is 0 Å². The van der Waals surface area contributed by atoms with Crippen LogP contribution in [0.1, 0.15) is 45.9 Å². The molecule has 0 fully saturated rings. The van der Waals surface area contributed by atoms with Gasteiger partial charge < -0.3 is 5.32 Å². The Bertz CT molecular complexity index is 509. The highest BCUT2D eigenvalue weighted by atomic mass is 35.5. The molecule has 0 spiro atoms. The second-order valence-corrected chi connectivity index (χ2v) is 5.44. The van der Waals surface area contributed by atoms with E-state index in [-0.39, 0.29) is 35.0 Å². The maximum Gasteiger partial charge on any atom is 0.255 e. The number of rotatable bonds is 5. The maximum atomic E-state index is 11.9. The van der Waals surface area contributed by atoms with E-state index in [1.807, 2.05) is 27.7 Å². The Hall–Kier alpha value is -1.36. The van der Waals surface area contributed by atoms with Crippen LogP contribution in [0.15, 0.2) is 10.9 Å². The second-order valence-electron chi connectivity index (χ2n) is 5.05. The Kier molecular flexibility index (Phi) is 5.54. The smallest absolute Gasteiger partial charge is 0.255 e. The zero-order chi connectivity index (χ0) is 14.6. The summed E-state index contributed by atoms with van der Waals surface area (Å²) in [6, 6.07) is 1.37. The predicted octanol–water partition coefficient (Wildman–Crippen LogP) is 1.93. The minimum absolute atomic E-state index is 0.0690. The number of aromatic nitrogens is 2. The highest BCUT2D eigenvalue weighted by molar-refractivity contribution is 6.29. The fraction of sp³-hybridized carbons (Fsp3) is 0.615. The van der Waals surface area contributed by atoms with Gasteiger partial charge in [0.15, 0.2) is 0 Å². The van der Waals surface area contributed by atoms with Crippen molar-refractivity contribution < 1.29 is 4.79 Å². The van der Waals surface area contributed by atoms with Crippen LogP contribution in [0.25, 0.3) is 0 Å². The minimum Gasteiger partial charge on any atom is -0.354 e. The fourth-order valence-corrected chi connectivity index (χ4v) is 1.95. The van der Waals surface area contributed by atoms with Gasteiger partial charge in [0.05, 0.1) is 0 Å². The fourth-order valence-electron chi connectivity index (χ4n) is 1.77. The van der Waals surface area contributed by atoms with E-state index in [1.165, 1.54) is 10.6 Å². The topological polar surface area (TPSA) is 64.0 Å². The van der Waals surface area contributed by atoms with Gasteiger partial charge in [-0.25, -0.2) is 4.98 Å². The van der Waals surface area contributed by atoms with Crippen molar-refractivity contribution in [3.05, 3.63) is 27.4 Å². The monoisotopic (exact) mass is 285 g/mol. The molecule has 1 aromatic heterocycles. The maximum absolute atomic E-state index is 11.9. The summed E-state index contributed by atoms with van der Waals surface area (Å²) in [5.41, 5.74) is -0.221. The van der Waals surface area contributed by atoms with Crippen LogP contribution in [0.2, 0.25) is 5.15 Å². The molecular formula is C13H20ClN3O2. The normalized spacial score (nSPS) is 11.1. The van der Waals surface area contributed by atoms with Crippen LogP contribution < -0.4 is 10.9 Å². The molecule has 0 aliphatic carbocycles. The third-order valence-corrected chi connectivity index (χ3v) is 2.73. The molecule has 106 valence electrons. The molecule has 0 atom stereocenters. The molecule has 5 nitrogen and oxygen atoms in total. The van der Waals surface area contributed by atoms with E-state index in [4.69, 9.17) is 11.6 Å². The number of hydrogen-bond donors (Lipinski definition) is 1. The lowest BCUT2D eigenvalue weighted by atomic mass is 10.2. The number of carbonyl (C=O) groups excluding carboxylic acids is 1. The largest absolute Gasteiger partial charge is 0.354 e. The molecular weight excluding hydrogens is 266 g/mol. The summed E-state index contributed by atoms with van der Waals surface area (Å²) in [7, 11) is 0. The van der Waals surface area contributed by atoms with E-state index in [0.717, 1.165) is 0 Å². The Morgan fingerprint density at radius 3 is 2.58 bits per heavy atom. The summed E-state index contributed by atoms with van der Waals surface area (Å²) in [4.78, 5) is 27.7. The second kappa shape index (κ2) is 6.70. The van der Waals surface area contributed by atoms with E-state index in [1.54, 1.807) is 0 Å². The Labute approximate surface area is 118 Å². The van der Waals surface area contributed by atoms with Crippen molar-refractivity contribution >= 4 is 17.5 Å².